The van der Waals surface area contributed by atoms with Crippen LogP contribution in [0.15, 0.2) is 60.7 Å². The minimum Gasteiger partial charge on any atom is -0.481 e. The maximum absolute atomic E-state index is 12.7. The van der Waals surface area contributed by atoms with E-state index in [1.54, 1.807) is 43.3 Å². The number of amides is 3. The molecule has 4 N–H and O–H groups in total. The van der Waals surface area contributed by atoms with Crippen LogP contribution in [0, 0.1) is 18.8 Å². The first kappa shape index (κ1) is 22.2. The Bertz CT molecular complexity index is 1140. The number of aryl methyl sites for hydroxylation is 1. The summed E-state index contributed by atoms with van der Waals surface area (Å²) in [6.45, 7) is 3.57. The summed E-state index contributed by atoms with van der Waals surface area (Å²) >= 11 is 0. The van der Waals surface area contributed by atoms with Crippen molar-refractivity contribution in [3.05, 3.63) is 77.4 Å². The molecule has 2 aliphatic heterocycles. The fraction of sp³-hybridized carbons (Fsp3) is 0.250. The van der Waals surface area contributed by atoms with Gasteiger partial charge < -0.3 is 15.2 Å². The molecule has 0 spiro atoms. The Morgan fingerprint density at radius 1 is 0.909 bits per heavy atom. The van der Waals surface area contributed by atoms with Crippen molar-refractivity contribution in [2.75, 3.05) is 5.32 Å². The molecule has 9 nitrogen and oxygen atoms in total. The second kappa shape index (κ2) is 8.51. The number of hydrogen-bond acceptors (Lipinski definition) is 5. The number of carbonyl (C=O) groups is 4. The second-order valence-corrected chi connectivity index (χ2v) is 8.31. The molecule has 0 saturated carbocycles. The minimum absolute atomic E-state index is 0.244. The number of carboxylic acid groups (broad SMARTS) is 1. The molecule has 4 rings (SSSR count). The average molecular weight is 449 g/mol. The van der Waals surface area contributed by atoms with Crippen LogP contribution in [0.4, 0.5) is 5.69 Å². The SMILES string of the molecule is Cc1ccc(C(=O)Nc2ccc(C(=O)NNC(=O)[C@H]3[C@H](C(=O)O)[C@H]4C=C[C@@]3(C)O4)cc2)cc1. The number of carbonyl (C=O) groups excluding carboxylic acids is 3. The quantitative estimate of drug-likeness (QED) is 0.408. The summed E-state index contributed by atoms with van der Waals surface area (Å²) in [6, 6.07) is 13.3. The lowest BCUT2D eigenvalue weighted by Crippen LogP contribution is -2.52. The van der Waals surface area contributed by atoms with Crippen molar-refractivity contribution in [3.8, 4) is 0 Å². The van der Waals surface area contributed by atoms with Crippen molar-refractivity contribution in [2.45, 2.75) is 25.6 Å². The first-order chi connectivity index (χ1) is 15.7. The highest BCUT2D eigenvalue weighted by Gasteiger charge is 2.59. The molecule has 2 aromatic carbocycles. The summed E-state index contributed by atoms with van der Waals surface area (Å²) in [5, 5.41) is 12.2. The molecule has 0 unspecified atom stereocenters. The van der Waals surface area contributed by atoms with E-state index in [0.717, 1.165) is 5.56 Å². The number of carboxylic acids is 1. The van der Waals surface area contributed by atoms with Gasteiger partial charge in [0, 0.05) is 16.8 Å². The summed E-state index contributed by atoms with van der Waals surface area (Å²) < 4.78 is 5.64. The average Bonchev–Trinajstić information content (AvgIpc) is 3.32. The van der Waals surface area contributed by atoms with Gasteiger partial charge in [-0.25, -0.2) is 0 Å². The summed E-state index contributed by atoms with van der Waals surface area (Å²) in [5.74, 6) is -4.66. The first-order valence-corrected chi connectivity index (χ1v) is 10.4. The first-order valence-electron chi connectivity index (χ1n) is 10.4. The number of anilines is 1. The van der Waals surface area contributed by atoms with Gasteiger partial charge in [0.05, 0.1) is 17.6 Å². The van der Waals surface area contributed by atoms with Gasteiger partial charge in [0.25, 0.3) is 11.8 Å². The number of rotatable bonds is 5. The summed E-state index contributed by atoms with van der Waals surface area (Å²) in [4.78, 5) is 49.0. The number of nitrogens with one attached hydrogen (secondary N) is 3. The summed E-state index contributed by atoms with van der Waals surface area (Å²) in [6.07, 6.45) is 2.63. The van der Waals surface area contributed by atoms with Gasteiger partial charge in [-0.1, -0.05) is 29.8 Å². The highest BCUT2D eigenvalue weighted by atomic mass is 16.5. The fourth-order valence-electron chi connectivity index (χ4n) is 4.16. The lowest BCUT2D eigenvalue weighted by molar-refractivity contribution is -0.147. The Morgan fingerprint density at radius 2 is 1.52 bits per heavy atom. The molecule has 2 aromatic rings. The van der Waals surface area contributed by atoms with Crippen molar-refractivity contribution in [1.29, 1.82) is 0 Å². The fourth-order valence-corrected chi connectivity index (χ4v) is 4.16. The number of hydrazine groups is 1. The Labute approximate surface area is 189 Å². The highest BCUT2D eigenvalue weighted by molar-refractivity contribution is 6.04. The van der Waals surface area contributed by atoms with Gasteiger partial charge in [0.15, 0.2) is 0 Å². The predicted molar refractivity (Wildman–Crippen MR) is 118 cm³/mol. The summed E-state index contributed by atoms with van der Waals surface area (Å²) in [7, 11) is 0. The molecule has 1 fully saturated rings. The number of fused-ring (bicyclic) bond motifs is 2. The maximum atomic E-state index is 12.7. The lowest BCUT2D eigenvalue weighted by Gasteiger charge is -2.27. The van der Waals surface area contributed by atoms with Crippen LogP contribution in [-0.2, 0) is 14.3 Å². The van der Waals surface area contributed by atoms with Crippen molar-refractivity contribution in [1.82, 2.24) is 10.9 Å². The standard InChI is InChI=1S/C24H23N3O6/c1-13-3-5-14(6-4-13)20(28)25-16-9-7-15(8-10-16)21(29)26-27-22(30)19-18(23(31)32)17-11-12-24(19,2)33-17/h3-12,17-19H,1-2H3,(H,25,28)(H,26,29)(H,27,30)(H,31,32)/t17-,18-,19-,24-/m1/s1. The smallest absolute Gasteiger partial charge is 0.310 e. The van der Waals surface area contributed by atoms with Crippen molar-refractivity contribution in [3.63, 3.8) is 0 Å². The zero-order chi connectivity index (χ0) is 23.8. The Hall–Kier alpha value is -3.98. The van der Waals surface area contributed by atoms with E-state index < -0.39 is 41.3 Å². The zero-order valence-corrected chi connectivity index (χ0v) is 18.0. The highest BCUT2D eigenvalue weighted by Crippen LogP contribution is 2.46. The van der Waals surface area contributed by atoms with Crippen LogP contribution in [0.2, 0.25) is 0 Å². The van der Waals surface area contributed by atoms with Crippen LogP contribution in [-0.4, -0.2) is 40.5 Å². The largest absolute Gasteiger partial charge is 0.481 e. The predicted octanol–water partition coefficient (Wildman–Crippen LogP) is 2.05. The van der Waals surface area contributed by atoms with Crippen LogP contribution >= 0.6 is 0 Å². The zero-order valence-electron chi connectivity index (χ0n) is 18.0. The molecule has 3 amide bonds. The van der Waals surface area contributed by atoms with Crippen molar-refractivity contribution < 1.29 is 29.0 Å². The van der Waals surface area contributed by atoms with Gasteiger partial charge in [-0.2, -0.15) is 0 Å². The Kier molecular flexibility index (Phi) is 5.73. The topological polar surface area (TPSA) is 134 Å². The third-order valence-electron chi connectivity index (χ3n) is 5.92. The van der Waals surface area contributed by atoms with Gasteiger partial charge in [-0.3, -0.25) is 30.0 Å². The normalized spacial score (nSPS) is 24.8. The number of aliphatic carboxylic acids is 1. The van der Waals surface area contributed by atoms with E-state index in [1.165, 1.54) is 12.1 Å². The number of hydrogen-bond donors (Lipinski definition) is 4. The third kappa shape index (κ3) is 4.35. The monoisotopic (exact) mass is 449 g/mol. The van der Waals surface area contributed by atoms with E-state index in [1.807, 2.05) is 19.1 Å². The van der Waals surface area contributed by atoms with Gasteiger partial charge in [-0.05, 0) is 50.2 Å². The molecule has 0 radical (unpaired) electrons. The van der Waals surface area contributed by atoms with E-state index in [4.69, 9.17) is 4.74 Å². The van der Waals surface area contributed by atoms with Gasteiger partial charge in [-0.15, -0.1) is 0 Å². The molecule has 2 aliphatic rings. The molecule has 170 valence electrons. The molecular weight excluding hydrogens is 426 g/mol. The third-order valence-corrected chi connectivity index (χ3v) is 5.92. The van der Waals surface area contributed by atoms with Crippen LogP contribution < -0.4 is 16.2 Å². The lowest BCUT2D eigenvalue weighted by atomic mass is 9.76. The number of benzene rings is 2. The van der Waals surface area contributed by atoms with E-state index >= 15 is 0 Å². The molecule has 33 heavy (non-hydrogen) atoms. The molecule has 0 aliphatic carbocycles. The molecular formula is C24H23N3O6. The van der Waals surface area contributed by atoms with E-state index in [-0.39, 0.29) is 11.5 Å². The van der Waals surface area contributed by atoms with Gasteiger partial charge >= 0.3 is 5.97 Å². The van der Waals surface area contributed by atoms with Crippen LogP contribution in [0.3, 0.4) is 0 Å². The molecule has 2 heterocycles. The minimum atomic E-state index is -1.14. The number of ether oxygens (including phenoxy) is 1. The molecule has 0 aromatic heterocycles. The van der Waals surface area contributed by atoms with E-state index in [2.05, 4.69) is 16.2 Å². The van der Waals surface area contributed by atoms with E-state index in [9.17, 15) is 24.3 Å². The Morgan fingerprint density at radius 3 is 2.15 bits per heavy atom. The molecule has 9 heteroatoms. The van der Waals surface area contributed by atoms with Crippen LogP contribution in [0.1, 0.15) is 33.2 Å². The summed E-state index contributed by atoms with van der Waals surface area (Å²) in [5.41, 5.74) is 5.88. The van der Waals surface area contributed by atoms with E-state index in [0.29, 0.717) is 11.3 Å². The molecule has 4 atom stereocenters. The second-order valence-electron chi connectivity index (χ2n) is 8.31. The molecule has 1 saturated heterocycles. The Balaban J connectivity index is 1.35. The van der Waals surface area contributed by atoms with Crippen molar-refractivity contribution >= 4 is 29.4 Å². The maximum Gasteiger partial charge on any atom is 0.310 e. The van der Waals surface area contributed by atoms with Gasteiger partial charge in [0.1, 0.15) is 5.92 Å². The molecule has 2 bridgehead atoms. The van der Waals surface area contributed by atoms with Crippen LogP contribution in [0.5, 0.6) is 0 Å². The van der Waals surface area contributed by atoms with Crippen LogP contribution in [0.25, 0.3) is 0 Å². The van der Waals surface area contributed by atoms with Gasteiger partial charge in [0.2, 0.25) is 5.91 Å². The van der Waals surface area contributed by atoms with Crippen molar-refractivity contribution in [2.24, 2.45) is 11.8 Å².